The lowest BCUT2D eigenvalue weighted by atomic mass is 10.1. The largest absolute Gasteiger partial charge is 0.497 e. The number of hydrogen-bond acceptors (Lipinski definition) is 4. The molecule has 0 bridgehead atoms. The van der Waals surface area contributed by atoms with Crippen molar-refractivity contribution in [1.82, 2.24) is 5.32 Å². The molecule has 2 aromatic carbocycles. The second-order valence-corrected chi connectivity index (χ2v) is 5.35. The third kappa shape index (κ3) is 3.48. The van der Waals surface area contributed by atoms with Gasteiger partial charge in [-0.25, -0.2) is 4.79 Å². The summed E-state index contributed by atoms with van der Waals surface area (Å²) in [6, 6.07) is 14.4. The lowest BCUT2D eigenvalue weighted by Crippen LogP contribution is -2.24. The Kier molecular flexibility index (Phi) is 4.65. The van der Waals surface area contributed by atoms with Crippen molar-refractivity contribution in [3.8, 4) is 5.75 Å². The van der Waals surface area contributed by atoms with Crippen LogP contribution in [0, 0.1) is 0 Å². The molecule has 2 amide bonds. The molecule has 24 heavy (non-hydrogen) atoms. The highest BCUT2D eigenvalue weighted by atomic mass is 16.6. The summed E-state index contributed by atoms with van der Waals surface area (Å²) in [5.41, 5.74) is 2.22. The van der Waals surface area contributed by atoms with Crippen LogP contribution in [0.1, 0.15) is 15.9 Å². The molecule has 0 aliphatic carbocycles. The zero-order chi connectivity index (χ0) is 16.9. The average Bonchev–Trinajstić information content (AvgIpc) is 3.06. The Labute approximate surface area is 140 Å². The number of nitrogens with one attached hydrogen (secondary N) is 1. The van der Waals surface area contributed by atoms with Gasteiger partial charge >= 0.3 is 6.09 Å². The monoisotopic (exact) mass is 326 g/mol. The molecule has 1 aliphatic heterocycles. The maximum absolute atomic E-state index is 12.2. The first-order chi connectivity index (χ1) is 11.7. The molecule has 0 atom stereocenters. The second kappa shape index (κ2) is 7.04. The summed E-state index contributed by atoms with van der Waals surface area (Å²) >= 11 is 0. The van der Waals surface area contributed by atoms with Crippen LogP contribution in [0.3, 0.4) is 0 Å². The molecule has 2 aromatic rings. The Morgan fingerprint density at radius 3 is 2.71 bits per heavy atom. The van der Waals surface area contributed by atoms with Gasteiger partial charge in [0.05, 0.1) is 13.7 Å². The van der Waals surface area contributed by atoms with E-state index in [1.807, 2.05) is 24.3 Å². The van der Waals surface area contributed by atoms with Crippen molar-refractivity contribution in [1.29, 1.82) is 0 Å². The zero-order valence-corrected chi connectivity index (χ0v) is 13.3. The molecule has 1 N–H and O–H groups in total. The minimum Gasteiger partial charge on any atom is -0.497 e. The summed E-state index contributed by atoms with van der Waals surface area (Å²) in [6.07, 6.45) is -0.356. The van der Waals surface area contributed by atoms with Crippen molar-refractivity contribution in [2.24, 2.45) is 0 Å². The SMILES string of the molecule is COc1cccc(CNC(=O)c2ccc(N3CCOC3=O)cc2)c1. The van der Waals surface area contributed by atoms with Crippen molar-refractivity contribution in [2.75, 3.05) is 25.2 Å². The quantitative estimate of drug-likeness (QED) is 0.917. The van der Waals surface area contributed by atoms with Crippen molar-refractivity contribution in [3.63, 3.8) is 0 Å². The van der Waals surface area contributed by atoms with Crippen LogP contribution in [0.4, 0.5) is 10.5 Å². The fraction of sp³-hybridized carbons (Fsp3) is 0.222. The van der Waals surface area contributed by atoms with E-state index in [9.17, 15) is 9.59 Å². The molecule has 1 aliphatic rings. The number of methoxy groups -OCH3 is 1. The lowest BCUT2D eigenvalue weighted by molar-refractivity contribution is 0.0951. The van der Waals surface area contributed by atoms with Gasteiger partial charge in [-0.1, -0.05) is 12.1 Å². The van der Waals surface area contributed by atoms with E-state index in [-0.39, 0.29) is 12.0 Å². The van der Waals surface area contributed by atoms with Gasteiger partial charge in [0.15, 0.2) is 0 Å². The van der Waals surface area contributed by atoms with Gasteiger partial charge < -0.3 is 14.8 Å². The van der Waals surface area contributed by atoms with E-state index in [2.05, 4.69) is 5.32 Å². The highest BCUT2D eigenvalue weighted by Gasteiger charge is 2.23. The summed E-state index contributed by atoms with van der Waals surface area (Å²) < 4.78 is 10.1. The standard InChI is InChI=1S/C18H18N2O4/c1-23-16-4-2-3-13(11-16)12-19-17(21)14-5-7-15(8-6-14)20-9-10-24-18(20)22/h2-8,11H,9-10,12H2,1H3,(H,19,21). The number of amides is 2. The zero-order valence-electron chi connectivity index (χ0n) is 13.3. The fourth-order valence-corrected chi connectivity index (χ4v) is 2.49. The van der Waals surface area contributed by atoms with E-state index < -0.39 is 0 Å². The predicted molar refractivity (Wildman–Crippen MR) is 89.3 cm³/mol. The number of ether oxygens (including phenoxy) is 2. The molecule has 6 heteroatoms. The number of carbonyl (C=O) groups is 2. The van der Waals surface area contributed by atoms with E-state index in [4.69, 9.17) is 9.47 Å². The summed E-state index contributed by atoms with van der Waals surface area (Å²) in [5, 5.41) is 2.86. The van der Waals surface area contributed by atoms with Crippen molar-refractivity contribution in [3.05, 3.63) is 59.7 Å². The van der Waals surface area contributed by atoms with Crippen LogP contribution in [0.2, 0.25) is 0 Å². The maximum atomic E-state index is 12.2. The van der Waals surface area contributed by atoms with Gasteiger partial charge in [-0.3, -0.25) is 9.69 Å². The third-order valence-electron chi connectivity index (χ3n) is 3.79. The number of benzene rings is 2. The molecule has 124 valence electrons. The van der Waals surface area contributed by atoms with Gasteiger partial charge in [0.25, 0.3) is 5.91 Å². The molecule has 3 rings (SSSR count). The molecule has 1 fully saturated rings. The Morgan fingerprint density at radius 1 is 1.25 bits per heavy atom. The van der Waals surface area contributed by atoms with Gasteiger partial charge in [-0.05, 0) is 42.0 Å². The van der Waals surface area contributed by atoms with Crippen molar-refractivity contribution < 1.29 is 19.1 Å². The molecule has 6 nitrogen and oxygen atoms in total. The van der Waals surface area contributed by atoms with Crippen LogP contribution in [0.25, 0.3) is 0 Å². The normalized spacial score (nSPS) is 13.5. The van der Waals surface area contributed by atoms with Crippen molar-refractivity contribution >= 4 is 17.7 Å². The van der Waals surface area contributed by atoms with Gasteiger partial charge in [-0.2, -0.15) is 0 Å². The Morgan fingerprint density at radius 2 is 2.04 bits per heavy atom. The number of rotatable bonds is 5. The molecular formula is C18H18N2O4. The molecule has 1 heterocycles. The van der Waals surface area contributed by atoms with Crippen LogP contribution in [-0.2, 0) is 11.3 Å². The van der Waals surface area contributed by atoms with Gasteiger partial charge in [0.1, 0.15) is 12.4 Å². The highest BCUT2D eigenvalue weighted by molar-refractivity contribution is 5.95. The van der Waals surface area contributed by atoms with Gasteiger partial charge in [-0.15, -0.1) is 0 Å². The van der Waals surface area contributed by atoms with Gasteiger partial charge in [0, 0.05) is 17.8 Å². The summed E-state index contributed by atoms with van der Waals surface area (Å²) in [5.74, 6) is 0.581. The molecular weight excluding hydrogens is 308 g/mol. The fourth-order valence-electron chi connectivity index (χ4n) is 2.49. The average molecular weight is 326 g/mol. The minimum absolute atomic E-state index is 0.173. The van der Waals surface area contributed by atoms with Crippen LogP contribution < -0.4 is 15.0 Å². The first-order valence-electron chi connectivity index (χ1n) is 7.63. The minimum atomic E-state index is -0.356. The number of hydrogen-bond donors (Lipinski definition) is 1. The van der Waals surface area contributed by atoms with Crippen LogP contribution in [-0.4, -0.2) is 32.3 Å². The third-order valence-corrected chi connectivity index (χ3v) is 3.79. The van der Waals surface area contributed by atoms with Gasteiger partial charge in [0.2, 0.25) is 0 Å². The Balaban J connectivity index is 1.61. The first-order valence-corrected chi connectivity index (χ1v) is 7.63. The van der Waals surface area contributed by atoms with E-state index >= 15 is 0 Å². The number of cyclic esters (lactones) is 1. The molecule has 0 spiro atoms. The molecule has 0 radical (unpaired) electrons. The Hall–Kier alpha value is -3.02. The van der Waals surface area contributed by atoms with E-state index in [1.54, 1.807) is 31.4 Å². The number of carbonyl (C=O) groups excluding carboxylic acids is 2. The van der Waals surface area contributed by atoms with E-state index in [1.165, 1.54) is 4.90 Å². The number of anilines is 1. The smallest absolute Gasteiger partial charge is 0.414 e. The summed E-state index contributed by atoms with van der Waals surface area (Å²) in [7, 11) is 1.61. The summed E-state index contributed by atoms with van der Waals surface area (Å²) in [6.45, 7) is 1.33. The van der Waals surface area contributed by atoms with Crippen LogP contribution in [0.5, 0.6) is 5.75 Å². The maximum Gasteiger partial charge on any atom is 0.414 e. The van der Waals surface area contributed by atoms with Crippen LogP contribution in [0.15, 0.2) is 48.5 Å². The lowest BCUT2D eigenvalue weighted by Gasteiger charge is -2.13. The Bertz CT molecular complexity index is 743. The molecule has 1 saturated heterocycles. The van der Waals surface area contributed by atoms with Crippen LogP contribution >= 0.6 is 0 Å². The second-order valence-electron chi connectivity index (χ2n) is 5.35. The number of nitrogens with zero attached hydrogens (tertiary/aromatic N) is 1. The first kappa shape index (κ1) is 15.9. The molecule has 0 saturated carbocycles. The molecule has 0 aromatic heterocycles. The summed E-state index contributed by atoms with van der Waals surface area (Å²) in [4.78, 5) is 25.3. The predicted octanol–water partition coefficient (Wildman–Crippen LogP) is 2.58. The topological polar surface area (TPSA) is 67.9 Å². The highest BCUT2D eigenvalue weighted by Crippen LogP contribution is 2.19. The van der Waals surface area contributed by atoms with E-state index in [0.717, 1.165) is 17.0 Å². The van der Waals surface area contributed by atoms with E-state index in [0.29, 0.717) is 25.3 Å². The van der Waals surface area contributed by atoms with Crippen molar-refractivity contribution in [2.45, 2.75) is 6.54 Å². The molecule has 0 unspecified atom stereocenters.